The van der Waals surface area contributed by atoms with E-state index in [1.807, 2.05) is 0 Å². The molecule has 0 heterocycles. The smallest absolute Gasteiger partial charge is 0.339 e. The number of rotatable bonds is 3. The van der Waals surface area contributed by atoms with Gasteiger partial charge in [0.15, 0.2) is 6.10 Å². The van der Waals surface area contributed by atoms with E-state index in [-0.39, 0.29) is 16.6 Å². The van der Waals surface area contributed by atoms with Crippen molar-refractivity contribution >= 4 is 21.9 Å². The Bertz CT molecular complexity index is 368. The van der Waals surface area contributed by atoms with Crippen LogP contribution in [0.15, 0.2) is 22.7 Å². The van der Waals surface area contributed by atoms with Crippen LogP contribution in [0.4, 0.5) is 4.39 Å². The number of carbonyl (C=O) groups is 1. The average molecular weight is 277 g/mol. The normalized spacial score (nSPS) is 12.3. The second-order valence-corrected chi connectivity index (χ2v) is 3.59. The van der Waals surface area contributed by atoms with E-state index in [1.165, 1.54) is 18.2 Å². The predicted octanol–water partition coefficient (Wildman–Crippen LogP) is 2.18. The topological polar surface area (TPSA) is 46.5 Å². The molecule has 1 aromatic carbocycles. The van der Waals surface area contributed by atoms with Gasteiger partial charge in [-0.15, -0.1) is 0 Å². The van der Waals surface area contributed by atoms with Crippen molar-refractivity contribution in [2.45, 2.75) is 13.0 Å². The number of esters is 1. The molecule has 0 fully saturated rings. The van der Waals surface area contributed by atoms with Gasteiger partial charge in [0.1, 0.15) is 5.82 Å². The highest BCUT2D eigenvalue weighted by Crippen LogP contribution is 2.26. The maximum absolute atomic E-state index is 13.1. The Kier molecular flexibility index (Phi) is 4.23. The molecule has 15 heavy (non-hydrogen) atoms. The van der Waals surface area contributed by atoms with Crippen LogP contribution in [0.3, 0.4) is 0 Å². The summed E-state index contributed by atoms with van der Waals surface area (Å²) >= 11 is 2.96. The average Bonchev–Trinajstić information content (AvgIpc) is 2.21. The van der Waals surface area contributed by atoms with Crippen LogP contribution in [0.2, 0.25) is 0 Å². The first-order chi connectivity index (χ1) is 7.07. The molecule has 0 aliphatic rings. The summed E-state index contributed by atoms with van der Waals surface area (Å²) in [6.45, 7) is 1.80. The van der Waals surface area contributed by atoms with Crippen molar-refractivity contribution < 1.29 is 19.0 Å². The van der Waals surface area contributed by atoms with Gasteiger partial charge >= 0.3 is 5.97 Å². The first-order valence-electron chi connectivity index (χ1n) is 4.36. The summed E-state index contributed by atoms with van der Waals surface area (Å²) in [6.07, 6.45) is -1.46. The fourth-order valence-corrected chi connectivity index (χ4v) is 1.56. The van der Waals surface area contributed by atoms with E-state index < -0.39 is 17.9 Å². The standard InChI is InChI=1S/C10H10BrFO3/c1-2-15-10(14)9(13)6-4-3-5-7(12)8(6)11/h3-5,9,13H,2H2,1H3. The summed E-state index contributed by atoms with van der Waals surface area (Å²) < 4.78 is 17.8. The quantitative estimate of drug-likeness (QED) is 0.861. The third kappa shape index (κ3) is 2.76. The molecular weight excluding hydrogens is 267 g/mol. The van der Waals surface area contributed by atoms with E-state index in [4.69, 9.17) is 0 Å². The minimum absolute atomic E-state index is 0.0746. The van der Waals surface area contributed by atoms with Gasteiger partial charge < -0.3 is 9.84 Å². The van der Waals surface area contributed by atoms with Crippen molar-refractivity contribution in [1.29, 1.82) is 0 Å². The van der Waals surface area contributed by atoms with Gasteiger partial charge in [-0.25, -0.2) is 9.18 Å². The molecule has 82 valence electrons. The van der Waals surface area contributed by atoms with Gasteiger partial charge in [0, 0.05) is 5.56 Å². The molecule has 0 saturated carbocycles. The number of aliphatic hydroxyl groups is 1. The van der Waals surface area contributed by atoms with Crippen molar-refractivity contribution in [3.8, 4) is 0 Å². The first kappa shape index (κ1) is 12.1. The lowest BCUT2D eigenvalue weighted by Gasteiger charge is -2.11. The summed E-state index contributed by atoms with van der Waals surface area (Å²) in [5, 5.41) is 9.55. The number of aliphatic hydroxyl groups excluding tert-OH is 1. The molecular formula is C10H10BrFO3. The minimum Gasteiger partial charge on any atom is -0.464 e. The molecule has 3 nitrogen and oxygen atoms in total. The van der Waals surface area contributed by atoms with Crippen LogP contribution in [0, 0.1) is 5.82 Å². The number of hydrogen-bond donors (Lipinski definition) is 1. The highest BCUT2D eigenvalue weighted by molar-refractivity contribution is 9.10. The van der Waals surface area contributed by atoms with Gasteiger partial charge in [-0.2, -0.15) is 0 Å². The highest BCUT2D eigenvalue weighted by atomic mass is 79.9. The number of carbonyl (C=O) groups excluding carboxylic acids is 1. The van der Waals surface area contributed by atoms with E-state index in [0.29, 0.717) is 0 Å². The Hall–Kier alpha value is -0.940. The fourth-order valence-electron chi connectivity index (χ4n) is 1.08. The third-order valence-electron chi connectivity index (χ3n) is 1.79. The van der Waals surface area contributed by atoms with Gasteiger partial charge in [0.2, 0.25) is 0 Å². The van der Waals surface area contributed by atoms with Crippen molar-refractivity contribution in [2.75, 3.05) is 6.61 Å². The van der Waals surface area contributed by atoms with Gasteiger partial charge in [0.05, 0.1) is 11.1 Å². The Morgan fingerprint density at radius 1 is 1.67 bits per heavy atom. The lowest BCUT2D eigenvalue weighted by atomic mass is 10.1. The summed E-state index contributed by atoms with van der Waals surface area (Å²) in [6, 6.07) is 4.10. The van der Waals surface area contributed by atoms with Crippen molar-refractivity contribution in [3.05, 3.63) is 34.1 Å². The summed E-state index contributed by atoms with van der Waals surface area (Å²) in [5.41, 5.74) is 0.161. The zero-order valence-corrected chi connectivity index (χ0v) is 9.62. The van der Waals surface area contributed by atoms with Crippen molar-refractivity contribution in [1.82, 2.24) is 0 Å². The second-order valence-electron chi connectivity index (χ2n) is 2.80. The molecule has 1 unspecified atom stereocenters. The zero-order valence-electron chi connectivity index (χ0n) is 8.04. The number of halogens is 2. The van der Waals surface area contributed by atoms with Crippen LogP contribution in [0.5, 0.6) is 0 Å². The summed E-state index contributed by atoms with van der Waals surface area (Å²) in [4.78, 5) is 11.2. The fraction of sp³-hybridized carbons (Fsp3) is 0.300. The SMILES string of the molecule is CCOC(=O)C(O)c1cccc(F)c1Br. The van der Waals surface area contributed by atoms with E-state index in [2.05, 4.69) is 20.7 Å². The Labute approximate surface area is 95.0 Å². The molecule has 5 heteroatoms. The first-order valence-corrected chi connectivity index (χ1v) is 5.15. The molecule has 0 aromatic heterocycles. The van der Waals surface area contributed by atoms with Gasteiger partial charge in [-0.3, -0.25) is 0 Å². The zero-order chi connectivity index (χ0) is 11.4. The molecule has 0 amide bonds. The molecule has 0 saturated heterocycles. The Morgan fingerprint density at radius 2 is 2.33 bits per heavy atom. The molecule has 0 bridgehead atoms. The van der Waals surface area contributed by atoms with Crippen LogP contribution in [-0.2, 0) is 9.53 Å². The largest absolute Gasteiger partial charge is 0.464 e. The molecule has 1 atom stereocenters. The van der Waals surface area contributed by atoms with Gasteiger partial charge in [-0.1, -0.05) is 12.1 Å². The minimum atomic E-state index is -1.46. The van der Waals surface area contributed by atoms with Crippen molar-refractivity contribution in [3.63, 3.8) is 0 Å². The Balaban J connectivity index is 2.96. The number of ether oxygens (including phenoxy) is 1. The maximum atomic E-state index is 13.1. The molecule has 0 spiro atoms. The molecule has 1 aromatic rings. The van der Waals surface area contributed by atoms with Crippen molar-refractivity contribution in [2.24, 2.45) is 0 Å². The molecule has 1 N–H and O–H groups in total. The lowest BCUT2D eigenvalue weighted by Crippen LogP contribution is -2.16. The number of hydrogen-bond acceptors (Lipinski definition) is 3. The van der Waals surface area contributed by atoms with Crippen LogP contribution >= 0.6 is 15.9 Å². The molecule has 0 aliphatic carbocycles. The third-order valence-corrected chi connectivity index (χ3v) is 2.62. The van der Waals surface area contributed by atoms with Crippen LogP contribution in [0.1, 0.15) is 18.6 Å². The summed E-state index contributed by atoms with van der Waals surface area (Å²) in [7, 11) is 0. The maximum Gasteiger partial charge on any atom is 0.339 e. The van der Waals surface area contributed by atoms with Crippen LogP contribution in [-0.4, -0.2) is 17.7 Å². The second kappa shape index (κ2) is 5.23. The molecule has 0 aliphatic heterocycles. The van der Waals surface area contributed by atoms with Crippen LogP contribution in [0.25, 0.3) is 0 Å². The predicted molar refractivity (Wildman–Crippen MR) is 55.7 cm³/mol. The van der Waals surface area contributed by atoms with Crippen LogP contribution < -0.4 is 0 Å². The number of benzene rings is 1. The van der Waals surface area contributed by atoms with E-state index in [0.717, 1.165) is 0 Å². The molecule has 1 rings (SSSR count). The monoisotopic (exact) mass is 276 g/mol. The van der Waals surface area contributed by atoms with Gasteiger partial charge in [0.25, 0.3) is 0 Å². The highest BCUT2D eigenvalue weighted by Gasteiger charge is 2.22. The van der Waals surface area contributed by atoms with E-state index in [9.17, 15) is 14.3 Å². The van der Waals surface area contributed by atoms with E-state index in [1.54, 1.807) is 6.92 Å². The Morgan fingerprint density at radius 3 is 2.93 bits per heavy atom. The van der Waals surface area contributed by atoms with E-state index >= 15 is 0 Å². The molecule has 0 radical (unpaired) electrons. The van der Waals surface area contributed by atoms with Gasteiger partial charge in [-0.05, 0) is 28.9 Å². The lowest BCUT2D eigenvalue weighted by molar-refractivity contribution is -0.153. The summed E-state index contributed by atoms with van der Waals surface area (Å²) in [5.74, 6) is -1.32.